The van der Waals surface area contributed by atoms with Crippen LogP contribution < -0.4 is 0 Å². The summed E-state index contributed by atoms with van der Waals surface area (Å²) in [5.74, 6) is 0. The lowest BCUT2D eigenvalue weighted by Crippen LogP contribution is -1.95. The smallest absolute Gasteiger partial charge is 0.0703 e. The van der Waals surface area contributed by atoms with Crippen LogP contribution in [-0.4, -0.2) is 14.5 Å². The summed E-state index contributed by atoms with van der Waals surface area (Å²) >= 11 is 0. The van der Waals surface area contributed by atoms with Crippen molar-refractivity contribution in [2.45, 2.75) is 0 Å². The number of hydrogen-bond donors (Lipinski definition) is 0. The first-order valence-corrected chi connectivity index (χ1v) is 12.4. The molecule has 7 rings (SSSR count). The van der Waals surface area contributed by atoms with Crippen LogP contribution in [0, 0.1) is 0 Å². The number of benzene rings is 4. The van der Waals surface area contributed by atoms with E-state index < -0.39 is 0 Å². The maximum atomic E-state index is 4.82. The van der Waals surface area contributed by atoms with Gasteiger partial charge < -0.3 is 4.57 Å². The van der Waals surface area contributed by atoms with Gasteiger partial charge in [-0.15, -0.1) is 0 Å². The molecule has 3 aromatic heterocycles. The molecule has 0 aliphatic carbocycles. The molecule has 0 spiro atoms. The molecular formula is C34H23N3. The third-order valence-corrected chi connectivity index (χ3v) is 6.91. The second-order valence-corrected chi connectivity index (χ2v) is 9.15. The molecule has 3 heterocycles. The number of fused-ring (bicyclic) bond motifs is 3. The van der Waals surface area contributed by atoms with E-state index >= 15 is 0 Å². The Labute approximate surface area is 215 Å². The quantitative estimate of drug-likeness (QED) is 0.256. The van der Waals surface area contributed by atoms with E-state index in [2.05, 4.69) is 113 Å². The Morgan fingerprint density at radius 1 is 0.432 bits per heavy atom. The second kappa shape index (κ2) is 8.89. The summed E-state index contributed by atoms with van der Waals surface area (Å²) in [6, 6.07) is 44.5. The van der Waals surface area contributed by atoms with Crippen molar-refractivity contribution in [2.24, 2.45) is 0 Å². The van der Waals surface area contributed by atoms with Gasteiger partial charge in [-0.2, -0.15) is 0 Å². The minimum Gasteiger partial charge on any atom is -0.309 e. The number of nitrogens with zero attached hydrogens (tertiary/aromatic N) is 3. The third-order valence-electron chi connectivity index (χ3n) is 6.91. The molecule has 0 amide bonds. The molecule has 3 nitrogen and oxygen atoms in total. The van der Waals surface area contributed by atoms with Crippen LogP contribution in [0.5, 0.6) is 0 Å². The van der Waals surface area contributed by atoms with Crippen LogP contribution >= 0.6 is 0 Å². The van der Waals surface area contributed by atoms with Crippen molar-refractivity contribution in [2.75, 3.05) is 0 Å². The first-order chi connectivity index (χ1) is 18.3. The van der Waals surface area contributed by atoms with Crippen LogP contribution in [0.2, 0.25) is 0 Å². The fourth-order valence-electron chi connectivity index (χ4n) is 5.11. The summed E-state index contributed by atoms with van der Waals surface area (Å²) in [5, 5.41) is 2.46. The van der Waals surface area contributed by atoms with Gasteiger partial charge in [-0.25, -0.2) is 0 Å². The Kier molecular flexibility index (Phi) is 5.11. The molecule has 0 N–H and O–H groups in total. The van der Waals surface area contributed by atoms with Crippen molar-refractivity contribution in [3.63, 3.8) is 0 Å². The van der Waals surface area contributed by atoms with Crippen molar-refractivity contribution in [1.29, 1.82) is 0 Å². The maximum Gasteiger partial charge on any atom is 0.0703 e. The molecule has 0 fully saturated rings. The van der Waals surface area contributed by atoms with Gasteiger partial charge in [0.25, 0.3) is 0 Å². The lowest BCUT2D eigenvalue weighted by molar-refractivity contribution is 1.18. The Balaban J connectivity index is 1.39. The first kappa shape index (κ1) is 21.3. The molecule has 3 heteroatoms. The Bertz CT molecular complexity index is 1850. The first-order valence-electron chi connectivity index (χ1n) is 12.4. The summed E-state index contributed by atoms with van der Waals surface area (Å²) in [6.07, 6.45) is 3.80. The zero-order chi connectivity index (χ0) is 24.6. The summed E-state index contributed by atoms with van der Waals surface area (Å²) in [4.78, 5) is 9.39. The van der Waals surface area contributed by atoms with Crippen LogP contribution in [0.4, 0.5) is 0 Å². The number of hydrogen-bond acceptors (Lipinski definition) is 2. The standard InChI is InChI=1S/C34H23N3/c1-2-9-24(10-3-1)27-17-19-32(36-23-27)26-16-18-30-29-13-4-5-15-33(29)37(34(30)22-26)28-12-8-11-25(21-28)31-14-6-7-20-35-31/h1-23H. The lowest BCUT2D eigenvalue weighted by atomic mass is 10.0. The van der Waals surface area contributed by atoms with Gasteiger partial charge in [0.1, 0.15) is 0 Å². The molecule has 0 saturated heterocycles. The van der Waals surface area contributed by atoms with E-state index in [-0.39, 0.29) is 0 Å². The minimum absolute atomic E-state index is 0.959. The van der Waals surface area contributed by atoms with Crippen molar-refractivity contribution in [1.82, 2.24) is 14.5 Å². The molecule has 0 unspecified atom stereocenters. The monoisotopic (exact) mass is 473 g/mol. The molecule has 0 saturated carbocycles. The van der Waals surface area contributed by atoms with Gasteiger partial charge in [0.05, 0.1) is 22.4 Å². The van der Waals surface area contributed by atoms with Crippen molar-refractivity contribution in [3.8, 4) is 39.3 Å². The molecular weight excluding hydrogens is 450 g/mol. The van der Waals surface area contributed by atoms with Gasteiger partial charge in [-0.05, 0) is 48.0 Å². The SMILES string of the molecule is c1ccc(-c2ccc(-c3ccc4c5ccccc5n(-c5cccc(-c6ccccn6)c5)c4c3)nc2)cc1. The summed E-state index contributed by atoms with van der Waals surface area (Å²) in [7, 11) is 0. The van der Waals surface area contributed by atoms with Crippen LogP contribution in [0.25, 0.3) is 61.1 Å². The zero-order valence-corrected chi connectivity index (χ0v) is 20.1. The van der Waals surface area contributed by atoms with Crippen LogP contribution in [0.15, 0.2) is 140 Å². The van der Waals surface area contributed by atoms with E-state index in [4.69, 9.17) is 4.98 Å². The zero-order valence-electron chi connectivity index (χ0n) is 20.1. The topological polar surface area (TPSA) is 30.7 Å². The summed E-state index contributed by atoms with van der Waals surface area (Å²) in [6.45, 7) is 0. The average Bonchev–Trinajstić information content (AvgIpc) is 3.32. The molecule has 0 aliphatic heterocycles. The van der Waals surface area contributed by atoms with Gasteiger partial charge in [0.15, 0.2) is 0 Å². The maximum absolute atomic E-state index is 4.82. The van der Waals surface area contributed by atoms with Gasteiger partial charge in [-0.3, -0.25) is 9.97 Å². The van der Waals surface area contributed by atoms with Crippen LogP contribution in [-0.2, 0) is 0 Å². The number of rotatable bonds is 4. The second-order valence-electron chi connectivity index (χ2n) is 9.15. The summed E-state index contributed by atoms with van der Waals surface area (Å²) in [5.41, 5.74) is 9.85. The molecule has 0 radical (unpaired) electrons. The Morgan fingerprint density at radius 2 is 1.16 bits per heavy atom. The van der Waals surface area contributed by atoms with E-state index in [1.807, 2.05) is 36.7 Å². The predicted octanol–water partition coefficient (Wildman–Crippen LogP) is 8.57. The summed E-state index contributed by atoms with van der Waals surface area (Å²) < 4.78 is 2.35. The van der Waals surface area contributed by atoms with Gasteiger partial charge in [0, 0.05) is 45.5 Å². The molecule has 0 atom stereocenters. The average molecular weight is 474 g/mol. The van der Waals surface area contributed by atoms with Crippen molar-refractivity contribution < 1.29 is 0 Å². The van der Waals surface area contributed by atoms with E-state index in [0.717, 1.165) is 39.3 Å². The lowest BCUT2D eigenvalue weighted by Gasteiger charge is -2.11. The fraction of sp³-hybridized carbons (Fsp3) is 0. The molecule has 0 bridgehead atoms. The number of pyridine rings is 2. The fourth-order valence-corrected chi connectivity index (χ4v) is 5.11. The highest BCUT2D eigenvalue weighted by molar-refractivity contribution is 6.10. The molecule has 7 aromatic rings. The third kappa shape index (κ3) is 3.78. The van der Waals surface area contributed by atoms with Crippen LogP contribution in [0.3, 0.4) is 0 Å². The highest BCUT2D eigenvalue weighted by atomic mass is 15.0. The normalized spacial score (nSPS) is 11.2. The highest BCUT2D eigenvalue weighted by Gasteiger charge is 2.14. The highest BCUT2D eigenvalue weighted by Crippen LogP contribution is 2.35. The predicted molar refractivity (Wildman–Crippen MR) is 153 cm³/mol. The largest absolute Gasteiger partial charge is 0.309 e. The van der Waals surface area contributed by atoms with Gasteiger partial charge in [-0.1, -0.05) is 84.9 Å². The Hall–Kier alpha value is -5.02. The number of para-hydroxylation sites is 1. The molecule has 174 valence electrons. The van der Waals surface area contributed by atoms with Crippen molar-refractivity contribution >= 4 is 21.8 Å². The van der Waals surface area contributed by atoms with E-state index in [0.29, 0.717) is 0 Å². The van der Waals surface area contributed by atoms with Gasteiger partial charge in [0.2, 0.25) is 0 Å². The molecule has 37 heavy (non-hydrogen) atoms. The van der Waals surface area contributed by atoms with Crippen molar-refractivity contribution in [3.05, 3.63) is 140 Å². The molecule has 0 aliphatic rings. The van der Waals surface area contributed by atoms with E-state index in [9.17, 15) is 0 Å². The van der Waals surface area contributed by atoms with E-state index in [1.165, 1.54) is 21.9 Å². The number of aromatic nitrogens is 3. The molecule has 4 aromatic carbocycles. The van der Waals surface area contributed by atoms with Gasteiger partial charge >= 0.3 is 0 Å². The Morgan fingerprint density at radius 3 is 2.00 bits per heavy atom. The van der Waals surface area contributed by atoms with Crippen LogP contribution in [0.1, 0.15) is 0 Å². The minimum atomic E-state index is 0.959. The van der Waals surface area contributed by atoms with E-state index in [1.54, 1.807) is 0 Å².